The van der Waals surface area contributed by atoms with Gasteiger partial charge in [0.25, 0.3) is 10.0 Å². The van der Waals surface area contributed by atoms with Crippen LogP contribution in [0.1, 0.15) is 16.1 Å². The fourth-order valence-electron chi connectivity index (χ4n) is 1.46. The minimum Gasteiger partial charge on any atom is -0.475 e. The van der Waals surface area contributed by atoms with Crippen LogP contribution in [-0.2, 0) is 16.6 Å². The summed E-state index contributed by atoms with van der Waals surface area (Å²) < 4.78 is 30.9. The van der Waals surface area contributed by atoms with E-state index in [0.717, 1.165) is 12.1 Å². The van der Waals surface area contributed by atoms with E-state index in [0.29, 0.717) is 5.56 Å². The number of aliphatic hydroxyl groups is 1. The molecule has 2 aromatic rings. The van der Waals surface area contributed by atoms with Gasteiger partial charge < -0.3 is 14.6 Å². The first kappa shape index (κ1) is 14.1. The zero-order valence-corrected chi connectivity index (χ0v) is 10.9. The first-order chi connectivity index (χ1) is 9.42. The van der Waals surface area contributed by atoms with E-state index < -0.39 is 26.8 Å². The molecule has 0 bridgehead atoms. The Hall–Kier alpha value is -2.32. The molecule has 7 nitrogen and oxygen atoms in total. The molecule has 0 radical (unpaired) electrons. The summed E-state index contributed by atoms with van der Waals surface area (Å²) >= 11 is 0. The molecule has 1 heterocycles. The van der Waals surface area contributed by atoms with Crippen LogP contribution < -0.4 is 4.72 Å². The monoisotopic (exact) mass is 297 g/mol. The Bertz CT molecular complexity index is 717. The predicted octanol–water partition coefficient (Wildman–Crippen LogP) is 1.27. The van der Waals surface area contributed by atoms with Crippen LogP contribution in [0.2, 0.25) is 0 Å². The fourth-order valence-corrected chi connectivity index (χ4v) is 2.46. The summed E-state index contributed by atoms with van der Waals surface area (Å²) in [6.07, 6.45) is 0. The van der Waals surface area contributed by atoms with Crippen molar-refractivity contribution in [2.45, 2.75) is 11.7 Å². The van der Waals surface area contributed by atoms with Gasteiger partial charge in [-0.2, -0.15) is 8.42 Å². The molecule has 106 valence electrons. The molecule has 3 N–H and O–H groups in total. The van der Waals surface area contributed by atoms with E-state index in [1.165, 1.54) is 12.1 Å². The maximum atomic E-state index is 11.9. The van der Waals surface area contributed by atoms with E-state index in [-0.39, 0.29) is 12.3 Å². The van der Waals surface area contributed by atoms with Crippen LogP contribution in [0.5, 0.6) is 0 Å². The molecule has 8 heteroatoms. The Kier molecular flexibility index (Phi) is 3.77. The predicted molar refractivity (Wildman–Crippen MR) is 68.8 cm³/mol. The van der Waals surface area contributed by atoms with Crippen molar-refractivity contribution in [3.05, 3.63) is 47.7 Å². The normalized spacial score (nSPS) is 11.2. The van der Waals surface area contributed by atoms with Gasteiger partial charge in [0.05, 0.1) is 6.61 Å². The number of furan rings is 1. The lowest BCUT2D eigenvalue weighted by molar-refractivity contribution is 0.0656. The van der Waals surface area contributed by atoms with Crippen LogP contribution in [-0.4, -0.2) is 24.6 Å². The summed E-state index contributed by atoms with van der Waals surface area (Å²) in [5.74, 6) is -1.81. The fraction of sp³-hybridized carbons (Fsp3) is 0.0833. The summed E-state index contributed by atoms with van der Waals surface area (Å²) in [7, 11) is -3.99. The van der Waals surface area contributed by atoms with Crippen LogP contribution in [0.4, 0.5) is 5.69 Å². The average Bonchev–Trinajstić information content (AvgIpc) is 2.90. The number of carbonyl (C=O) groups is 1. The highest BCUT2D eigenvalue weighted by molar-refractivity contribution is 7.92. The number of benzene rings is 1. The highest BCUT2D eigenvalue weighted by atomic mass is 32.2. The van der Waals surface area contributed by atoms with Gasteiger partial charge in [0.2, 0.25) is 10.9 Å². The number of carboxylic acid groups (broad SMARTS) is 1. The number of aliphatic hydroxyl groups excluding tert-OH is 1. The average molecular weight is 297 g/mol. The van der Waals surface area contributed by atoms with Crippen molar-refractivity contribution in [1.29, 1.82) is 0 Å². The van der Waals surface area contributed by atoms with Gasteiger partial charge >= 0.3 is 5.97 Å². The molecule has 0 unspecified atom stereocenters. The van der Waals surface area contributed by atoms with E-state index in [2.05, 4.69) is 4.72 Å². The molecule has 0 aliphatic rings. The van der Waals surface area contributed by atoms with Crippen LogP contribution in [0.15, 0.2) is 45.9 Å². The molecule has 0 aliphatic carbocycles. The minimum absolute atomic E-state index is 0.146. The topological polar surface area (TPSA) is 117 Å². The molecule has 20 heavy (non-hydrogen) atoms. The van der Waals surface area contributed by atoms with Gasteiger partial charge in [-0.25, -0.2) is 4.79 Å². The third kappa shape index (κ3) is 2.98. The third-order valence-corrected chi connectivity index (χ3v) is 3.70. The zero-order chi connectivity index (χ0) is 14.8. The molecule has 0 saturated carbocycles. The van der Waals surface area contributed by atoms with Crippen molar-refractivity contribution < 1.29 is 27.8 Å². The van der Waals surface area contributed by atoms with E-state index in [1.807, 2.05) is 0 Å². The van der Waals surface area contributed by atoms with Gasteiger partial charge in [0.15, 0.2) is 0 Å². The number of aromatic carboxylic acids is 1. The van der Waals surface area contributed by atoms with E-state index in [1.54, 1.807) is 12.1 Å². The standard InChI is InChI=1S/C12H11NO6S/c14-7-8-1-3-9(4-2-8)13-20(17,18)11-6-5-10(19-11)12(15)16/h1-6,13-14H,7H2,(H,15,16). The minimum atomic E-state index is -3.99. The van der Waals surface area contributed by atoms with Crippen molar-refractivity contribution in [2.75, 3.05) is 4.72 Å². The lowest BCUT2D eigenvalue weighted by Gasteiger charge is -2.06. The van der Waals surface area contributed by atoms with Gasteiger partial charge in [0, 0.05) is 5.69 Å². The van der Waals surface area contributed by atoms with Gasteiger partial charge in [0.1, 0.15) is 0 Å². The van der Waals surface area contributed by atoms with Gasteiger partial charge in [-0.05, 0) is 29.8 Å². The zero-order valence-electron chi connectivity index (χ0n) is 10.1. The molecule has 1 aromatic heterocycles. The maximum Gasteiger partial charge on any atom is 0.371 e. The number of nitrogens with one attached hydrogen (secondary N) is 1. The summed E-state index contributed by atoms with van der Waals surface area (Å²) in [6, 6.07) is 8.19. The van der Waals surface area contributed by atoms with E-state index in [4.69, 9.17) is 14.6 Å². The maximum absolute atomic E-state index is 11.9. The second kappa shape index (κ2) is 5.35. The van der Waals surface area contributed by atoms with Gasteiger partial charge in [-0.3, -0.25) is 4.72 Å². The molecular formula is C12H11NO6S. The number of hydrogen-bond acceptors (Lipinski definition) is 5. The van der Waals surface area contributed by atoms with Crippen molar-refractivity contribution in [2.24, 2.45) is 0 Å². The highest BCUT2D eigenvalue weighted by Gasteiger charge is 2.21. The number of carboxylic acids is 1. The third-order valence-electron chi connectivity index (χ3n) is 2.45. The van der Waals surface area contributed by atoms with Crippen molar-refractivity contribution in [1.82, 2.24) is 0 Å². The van der Waals surface area contributed by atoms with Crippen LogP contribution >= 0.6 is 0 Å². The molecular weight excluding hydrogens is 286 g/mol. The molecule has 0 aliphatic heterocycles. The SMILES string of the molecule is O=C(O)c1ccc(S(=O)(=O)Nc2ccc(CO)cc2)o1. The molecule has 0 atom stereocenters. The number of rotatable bonds is 5. The Balaban J connectivity index is 2.23. The Labute approximate surface area is 114 Å². The largest absolute Gasteiger partial charge is 0.475 e. The number of anilines is 1. The second-order valence-corrected chi connectivity index (χ2v) is 5.50. The molecule has 0 fully saturated rings. The van der Waals surface area contributed by atoms with Crippen LogP contribution in [0, 0.1) is 0 Å². The summed E-state index contributed by atoms with van der Waals surface area (Å²) in [5, 5.41) is 17.1. The van der Waals surface area contributed by atoms with Crippen molar-refractivity contribution >= 4 is 21.7 Å². The van der Waals surface area contributed by atoms with Crippen LogP contribution in [0.25, 0.3) is 0 Å². The molecule has 2 rings (SSSR count). The molecule has 1 aromatic carbocycles. The Morgan fingerprint density at radius 2 is 1.80 bits per heavy atom. The Morgan fingerprint density at radius 3 is 2.30 bits per heavy atom. The van der Waals surface area contributed by atoms with Gasteiger partial charge in [-0.15, -0.1) is 0 Å². The number of hydrogen-bond donors (Lipinski definition) is 3. The summed E-state index contributed by atoms with van der Waals surface area (Å²) in [6.45, 7) is -0.146. The van der Waals surface area contributed by atoms with E-state index >= 15 is 0 Å². The van der Waals surface area contributed by atoms with Crippen molar-refractivity contribution in [3.8, 4) is 0 Å². The second-order valence-electron chi connectivity index (χ2n) is 3.88. The molecule has 0 amide bonds. The van der Waals surface area contributed by atoms with Gasteiger partial charge in [-0.1, -0.05) is 12.1 Å². The number of sulfonamides is 1. The first-order valence-corrected chi connectivity index (χ1v) is 6.96. The smallest absolute Gasteiger partial charge is 0.371 e. The Morgan fingerprint density at radius 1 is 1.15 bits per heavy atom. The quantitative estimate of drug-likeness (QED) is 0.765. The summed E-state index contributed by atoms with van der Waals surface area (Å²) in [5.41, 5.74) is 0.912. The van der Waals surface area contributed by atoms with E-state index in [9.17, 15) is 13.2 Å². The van der Waals surface area contributed by atoms with Crippen LogP contribution in [0.3, 0.4) is 0 Å². The molecule has 0 saturated heterocycles. The lowest BCUT2D eigenvalue weighted by Crippen LogP contribution is -2.12. The van der Waals surface area contributed by atoms with Crippen molar-refractivity contribution in [3.63, 3.8) is 0 Å². The molecule has 0 spiro atoms. The first-order valence-electron chi connectivity index (χ1n) is 5.48. The summed E-state index contributed by atoms with van der Waals surface area (Å²) in [4.78, 5) is 10.6. The lowest BCUT2D eigenvalue weighted by atomic mass is 10.2. The highest BCUT2D eigenvalue weighted by Crippen LogP contribution is 2.19.